The summed E-state index contributed by atoms with van der Waals surface area (Å²) in [5.74, 6) is 0.746. The highest BCUT2D eigenvalue weighted by molar-refractivity contribution is 6.08. The fraction of sp³-hybridized carbons (Fsp3) is 0.286. The highest BCUT2D eigenvalue weighted by Gasteiger charge is 2.29. The van der Waals surface area contributed by atoms with E-state index in [9.17, 15) is 4.79 Å². The SMILES string of the molecule is COc1cc(C)c2c(c1)C(=CC(=O)c1ccc(N)cc1)NC(C)(C)C2. The molecule has 130 valence electrons. The largest absolute Gasteiger partial charge is 0.497 e. The predicted octanol–water partition coefficient (Wildman–Crippen LogP) is 3.73. The maximum Gasteiger partial charge on any atom is 0.187 e. The van der Waals surface area contributed by atoms with E-state index in [0.29, 0.717) is 11.3 Å². The van der Waals surface area contributed by atoms with Crippen molar-refractivity contribution in [2.45, 2.75) is 32.7 Å². The topological polar surface area (TPSA) is 64.3 Å². The molecular formula is C21H24N2O2. The molecule has 3 N–H and O–H groups in total. The van der Waals surface area contributed by atoms with Gasteiger partial charge in [-0.1, -0.05) is 0 Å². The molecule has 25 heavy (non-hydrogen) atoms. The van der Waals surface area contributed by atoms with Gasteiger partial charge in [-0.15, -0.1) is 0 Å². The Morgan fingerprint density at radius 3 is 2.56 bits per heavy atom. The Morgan fingerprint density at radius 2 is 1.92 bits per heavy atom. The van der Waals surface area contributed by atoms with Crippen LogP contribution in [0.1, 0.15) is 40.9 Å². The Balaban J connectivity index is 2.08. The van der Waals surface area contributed by atoms with Gasteiger partial charge in [-0.2, -0.15) is 0 Å². The molecule has 4 heteroatoms. The van der Waals surface area contributed by atoms with Crippen LogP contribution in [-0.4, -0.2) is 18.4 Å². The first kappa shape index (κ1) is 17.1. The summed E-state index contributed by atoms with van der Waals surface area (Å²) in [6.45, 7) is 6.37. The average molecular weight is 336 g/mol. The van der Waals surface area contributed by atoms with Crippen LogP contribution in [0.3, 0.4) is 0 Å². The molecule has 0 unspecified atom stereocenters. The number of hydrogen-bond acceptors (Lipinski definition) is 4. The van der Waals surface area contributed by atoms with Crippen molar-refractivity contribution in [3.63, 3.8) is 0 Å². The van der Waals surface area contributed by atoms with Crippen LogP contribution in [0.25, 0.3) is 5.70 Å². The van der Waals surface area contributed by atoms with Gasteiger partial charge in [0.2, 0.25) is 0 Å². The van der Waals surface area contributed by atoms with Crippen molar-refractivity contribution >= 4 is 17.2 Å². The van der Waals surface area contributed by atoms with Crippen LogP contribution in [0, 0.1) is 6.92 Å². The second kappa shape index (κ2) is 6.28. The van der Waals surface area contributed by atoms with E-state index in [-0.39, 0.29) is 11.3 Å². The first-order valence-electron chi connectivity index (χ1n) is 8.37. The summed E-state index contributed by atoms with van der Waals surface area (Å²) in [7, 11) is 1.66. The van der Waals surface area contributed by atoms with Gasteiger partial charge >= 0.3 is 0 Å². The molecule has 0 saturated carbocycles. The summed E-state index contributed by atoms with van der Waals surface area (Å²) >= 11 is 0. The molecule has 0 spiro atoms. The number of methoxy groups -OCH3 is 1. The minimum atomic E-state index is -0.125. The van der Waals surface area contributed by atoms with Gasteiger partial charge in [-0.25, -0.2) is 0 Å². The van der Waals surface area contributed by atoms with Gasteiger partial charge in [0, 0.05) is 34.1 Å². The molecule has 0 aliphatic carbocycles. The lowest BCUT2D eigenvalue weighted by atomic mass is 9.83. The lowest BCUT2D eigenvalue weighted by Crippen LogP contribution is -2.44. The molecule has 0 radical (unpaired) electrons. The van der Waals surface area contributed by atoms with E-state index in [1.54, 1.807) is 37.5 Å². The molecule has 0 fully saturated rings. The number of anilines is 1. The molecule has 1 heterocycles. The Bertz CT molecular complexity index is 849. The number of carbonyl (C=O) groups excluding carboxylic acids is 1. The van der Waals surface area contributed by atoms with Gasteiger partial charge < -0.3 is 15.8 Å². The van der Waals surface area contributed by atoms with E-state index in [4.69, 9.17) is 10.5 Å². The van der Waals surface area contributed by atoms with Gasteiger partial charge in [-0.05, 0) is 74.7 Å². The number of ether oxygens (including phenoxy) is 1. The van der Waals surface area contributed by atoms with E-state index in [0.717, 1.165) is 23.4 Å². The van der Waals surface area contributed by atoms with E-state index in [1.807, 2.05) is 12.1 Å². The third-order valence-corrected chi connectivity index (χ3v) is 4.53. The number of nitrogen functional groups attached to an aromatic ring is 1. The second-order valence-electron chi connectivity index (χ2n) is 7.20. The normalized spacial score (nSPS) is 16.9. The van der Waals surface area contributed by atoms with Crippen LogP contribution in [-0.2, 0) is 6.42 Å². The Hall–Kier alpha value is -2.75. The molecule has 1 aliphatic heterocycles. The Morgan fingerprint density at radius 1 is 1.24 bits per heavy atom. The van der Waals surface area contributed by atoms with Gasteiger partial charge in [0.1, 0.15) is 5.75 Å². The maximum absolute atomic E-state index is 12.7. The van der Waals surface area contributed by atoms with Crippen LogP contribution in [0.5, 0.6) is 5.75 Å². The van der Waals surface area contributed by atoms with Crippen LogP contribution < -0.4 is 15.8 Å². The summed E-state index contributed by atoms with van der Waals surface area (Å²) in [6.07, 6.45) is 2.57. The number of benzene rings is 2. The number of rotatable bonds is 3. The van der Waals surface area contributed by atoms with Crippen LogP contribution >= 0.6 is 0 Å². The number of carbonyl (C=O) groups is 1. The molecule has 1 aliphatic rings. The van der Waals surface area contributed by atoms with E-state index >= 15 is 0 Å². The zero-order chi connectivity index (χ0) is 18.2. The zero-order valence-corrected chi connectivity index (χ0v) is 15.1. The lowest BCUT2D eigenvalue weighted by molar-refractivity contribution is 0.104. The zero-order valence-electron chi connectivity index (χ0n) is 15.1. The molecule has 0 atom stereocenters. The number of nitrogens with one attached hydrogen (secondary N) is 1. The van der Waals surface area contributed by atoms with Crippen molar-refractivity contribution in [3.05, 3.63) is 64.7 Å². The smallest absolute Gasteiger partial charge is 0.187 e. The lowest BCUT2D eigenvalue weighted by Gasteiger charge is -2.36. The van der Waals surface area contributed by atoms with Crippen LogP contribution in [0.15, 0.2) is 42.5 Å². The first-order valence-corrected chi connectivity index (χ1v) is 8.37. The standard InChI is InChI=1S/C21H24N2O2/c1-13-9-16(25-4)10-17-18(13)12-21(2,3)23-19(17)11-20(24)14-5-7-15(22)8-6-14/h5-11,23H,12,22H2,1-4H3. The van der Waals surface area contributed by atoms with Crippen molar-refractivity contribution < 1.29 is 9.53 Å². The molecule has 2 aromatic rings. The summed E-state index contributed by atoms with van der Waals surface area (Å²) in [6, 6.07) is 11.0. The molecule has 2 aromatic carbocycles. The number of ketones is 1. The van der Waals surface area contributed by atoms with Crippen molar-refractivity contribution in [1.82, 2.24) is 5.32 Å². The maximum atomic E-state index is 12.7. The van der Waals surface area contributed by atoms with Crippen LogP contribution in [0.4, 0.5) is 5.69 Å². The Labute approximate surface area is 148 Å². The fourth-order valence-corrected chi connectivity index (χ4v) is 3.27. The third kappa shape index (κ3) is 3.53. The van der Waals surface area contributed by atoms with Gasteiger partial charge in [0.05, 0.1) is 7.11 Å². The molecular weight excluding hydrogens is 312 g/mol. The monoisotopic (exact) mass is 336 g/mol. The molecule has 0 bridgehead atoms. The number of hydrogen-bond donors (Lipinski definition) is 2. The van der Waals surface area contributed by atoms with Gasteiger partial charge in [0.25, 0.3) is 0 Å². The highest BCUT2D eigenvalue weighted by Crippen LogP contribution is 2.34. The van der Waals surface area contributed by atoms with E-state index in [1.165, 1.54) is 11.1 Å². The average Bonchev–Trinajstić information content (AvgIpc) is 2.55. The quantitative estimate of drug-likeness (QED) is 0.509. The molecule has 0 aromatic heterocycles. The predicted molar refractivity (Wildman–Crippen MR) is 102 cm³/mol. The molecule has 4 nitrogen and oxygen atoms in total. The molecule has 3 rings (SSSR count). The number of fused-ring (bicyclic) bond motifs is 1. The minimum Gasteiger partial charge on any atom is -0.497 e. The fourth-order valence-electron chi connectivity index (χ4n) is 3.27. The summed E-state index contributed by atoms with van der Waals surface area (Å²) in [4.78, 5) is 12.7. The number of allylic oxidation sites excluding steroid dienone is 1. The van der Waals surface area contributed by atoms with Gasteiger partial charge in [0.15, 0.2) is 5.78 Å². The molecule has 0 amide bonds. The number of aryl methyl sites for hydroxylation is 1. The minimum absolute atomic E-state index is 0.0494. The van der Waals surface area contributed by atoms with Crippen molar-refractivity contribution in [1.29, 1.82) is 0 Å². The summed E-state index contributed by atoms with van der Waals surface area (Å²) < 4.78 is 5.41. The van der Waals surface area contributed by atoms with Gasteiger partial charge in [-0.3, -0.25) is 4.79 Å². The van der Waals surface area contributed by atoms with E-state index in [2.05, 4.69) is 26.1 Å². The number of nitrogens with two attached hydrogens (primary N) is 1. The second-order valence-corrected chi connectivity index (χ2v) is 7.20. The summed E-state index contributed by atoms with van der Waals surface area (Å²) in [5.41, 5.74) is 11.1. The van der Waals surface area contributed by atoms with E-state index < -0.39 is 0 Å². The van der Waals surface area contributed by atoms with Crippen molar-refractivity contribution in [2.75, 3.05) is 12.8 Å². The third-order valence-electron chi connectivity index (χ3n) is 4.53. The van der Waals surface area contributed by atoms with Crippen molar-refractivity contribution in [2.24, 2.45) is 0 Å². The first-order chi connectivity index (χ1) is 11.8. The van der Waals surface area contributed by atoms with Crippen molar-refractivity contribution in [3.8, 4) is 5.75 Å². The molecule has 0 saturated heterocycles. The van der Waals surface area contributed by atoms with Crippen LogP contribution in [0.2, 0.25) is 0 Å². The Kier molecular flexibility index (Phi) is 4.29. The summed E-state index contributed by atoms with van der Waals surface area (Å²) in [5, 5.41) is 3.50. The highest BCUT2D eigenvalue weighted by atomic mass is 16.5.